The maximum Gasteiger partial charge on any atom is 0.291 e. The largest absolute Gasteiger partial charge is 0.450 e. The minimum atomic E-state index is -0.515. The predicted octanol–water partition coefficient (Wildman–Crippen LogP) is 4.70. The molecule has 3 heterocycles. The fourth-order valence-corrected chi connectivity index (χ4v) is 4.19. The molecule has 0 saturated carbocycles. The lowest BCUT2D eigenvalue weighted by atomic mass is 9.98. The first-order chi connectivity index (χ1) is 14.1. The Balaban J connectivity index is 1.74. The van der Waals surface area contributed by atoms with Gasteiger partial charge in [-0.3, -0.25) is 14.6 Å². The van der Waals surface area contributed by atoms with Crippen molar-refractivity contribution in [3.05, 3.63) is 110 Å². The lowest BCUT2D eigenvalue weighted by molar-refractivity contribution is 0.0714. The summed E-state index contributed by atoms with van der Waals surface area (Å²) in [5, 5.41) is 0.454. The topological polar surface area (TPSA) is 63.4 Å². The Morgan fingerprint density at radius 2 is 1.86 bits per heavy atom. The van der Waals surface area contributed by atoms with E-state index in [-0.39, 0.29) is 17.1 Å². The van der Waals surface area contributed by atoms with Gasteiger partial charge in [-0.1, -0.05) is 52.3 Å². The van der Waals surface area contributed by atoms with Crippen molar-refractivity contribution in [1.29, 1.82) is 0 Å². The SMILES string of the molecule is O=C1c2oc3ccc(Br)cc3c(=O)c2[C@H](c2ccccc2)N1Cc1cccnc1. The van der Waals surface area contributed by atoms with Gasteiger partial charge in [0.2, 0.25) is 5.76 Å². The van der Waals surface area contributed by atoms with E-state index in [0.717, 1.165) is 15.6 Å². The van der Waals surface area contributed by atoms with E-state index in [1.165, 1.54) is 0 Å². The molecule has 0 aliphatic carbocycles. The van der Waals surface area contributed by atoms with E-state index in [1.54, 1.807) is 35.5 Å². The van der Waals surface area contributed by atoms with Crippen LogP contribution in [0.5, 0.6) is 0 Å². The zero-order valence-corrected chi connectivity index (χ0v) is 16.8. The molecule has 0 spiro atoms. The van der Waals surface area contributed by atoms with Crippen LogP contribution in [-0.4, -0.2) is 15.8 Å². The maximum absolute atomic E-state index is 13.4. The molecule has 1 aliphatic rings. The number of nitrogens with zero attached hydrogens (tertiary/aromatic N) is 2. The standard InChI is InChI=1S/C23H15BrN2O3/c24-16-8-9-18-17(11-16)21(27)19-20(15-6-2-1-3-7-15)26(23(28)22(19)29-18)13-14-5-4-10-25-12-14/h1-12,20H,13H2/t20-/m0/s1. The summed E-state index contributed by atoms with van der Waals surface area (Å²) in [4.78, 5) is 32.6. The number of hydrogen-bond acceptors (Lipinski definition) is 4. The number of carbonyl (C=O) groups is 1. The third kappa shape index (κ3) is 2.96. The molecule has 1 amide bonds. The van der Waals surface area contributed by atoms with Crippen LogP contribution in [0.15, 0.2) is 86.7 Å². The second-order valence-electron chi connectivity index (χ2n) is 6.92. The highest BCUT2D eigenvalue weighted by Crippen LogP contribution is 2.39. The third-order valence-corrected chi connectivity index (χ3v) is 5.61. The summed E-state index contributed by atoms with van der Waals surface area (Å²) in [5.41, 5.74) is 2.36. The van der Waals surface area contributed by atoms with E-state index in [1.807, 2.05) is 42.5 Å². The van der Waals surface area contributed by atoms with Gasteiger partial charge in [0.05, 0.1) is 17.0 Å². The van der Waals surface area contributed by atoms with Crippen molar-refractivity contribution in [1.82, 2.24) is 9.88 Å². The molecule has 0 radical (unpaired) electrons. The van der Waals surface area contributed by atoms with Crippen molar-refractivity contribution < 1.29 is 9.21 Å². The number of pyridine rings is 1. The lowest BCUT2D eigenvalue weighted by Gasteiger charge is -2.25. The van der Waals surface area contributed by atoms with Gasteiger partial charge in [0.15, 0.2) is 5.43 Å². The highest BCUT2D eigenvalue weighted by molar-refractivity contribution is 9.10. The van der Waals surface area contributed by atoms with Crippen molar-refractivity contribution in [3.8, 4) is 0 Å². The Hall–Kier alpha value is -3.25. The highest BCUT2D eigenvalue weighted by Gasteiger charge is 2.42. The summed E-state index contributed by atoms with van der Waals surface area (Å²) >= 11 is 3.41. The van der Waals surface area contributed by atoms with Gasteiger partial charge in [-0.05, 0) is 35.4 Å². The van der Waals surface area contributed by atoms with Crippen LogP contribution in [0.3, 0.4) is 0 Å². The number of carbonyl (C=O) groups excluding carboxylic acids is 1. The molecule has 1 aliphatic heterocycles. The molecule has 0 N–H and O–H groups in total. The molecule has 29 heavy (non-hydrogen) atoms. The van der Waals surface area contributed by atoms with Gasteiger partial charge >= 0.3 is 0 Å². The molecule has 6 heteroatoms. The second-order valence-corrected chi connectivity index (χ2v) is 7.84. The number of aromatic nitrogens is 1. The van der Waals surface area contributed by atoms with Crippen LogP contribution in [0.25, 0.3) is 11.0 Å². The van der Waals surface area contributed by atoms with Gasteiger partial charge in [0.25, 0.3) is 5.91 Å². The third-order valence-electron chi connectivity index (χ3n) is 5.12. The maximum atomic E-state index is 13.4. The lowest BCUT2D eigenvalue weighted by Crippen LogP contribution is -2.29. The van der Waals surface area contributed by atoms with Crippen molar-refractivity contribution in [2.24, 2.45) is 0 Å². The summed E-state index contributed by atoms with van der Waals surface area (Å²) in [5.74, 6) is -0.179. The van der Waals surface area contributed by atoms with Crippen molar-refractivity contribution in [2.45, 2.75) is 12.6 Å². The van der Waals surface area contributed by atoms with E-state index < -0.39 is 6.04 Å². The average Bonchev–Trinajstić information content (AvgIpc) is 3.02. The number of halogens is 1. The number of amides is 1. The van der Waals surface area contributed by atoms with E-state index in [2.05, 4.69) is 20.9 Å². The minimum Gasteiger partial charge on any atom is -0.450 e. The monoisotopic (exact) mass is 446 g/mol. The van der Waals surface area contributed by atoms with Gasteiger partial charge in [-0.25, -0.2) is 0 Å². The first-order valence-electron chi connectivity index (χ1n) is 9.14. The van der Waals surface area contributed by atoms with Crippen molar-refractivity contribution in [2.75, 3.05) is 0 Å². The van der Waals surface area contributed by atoms with Crippen LogP contribution < -0.4 is 5.43 Å². The van der Waals surface area contributed by atoms with E-state index in [0.29, 0.717) is 23.1 Å². The molecule has 4 aromatic rings. The van der Waals surface area contributed by atoms with Crippen LogP contribution in [0.1, 0.15) is 33.3 Å². The summed E-state index contributed by atoms with van der Waals surface area (Å²) < 4.78 is 6.73. The molecule has 2 aromatic heterocycles. The van der Waals surface area contributed by atoms with Gasteiger partial charge < -0.3 is 9.32 Å². The Morgan fingerprint density at radius 3 is 2.62 bits per heavy atom. The molecule has 1 atom stereocenters. The second kappa shape index (κ2) is 6.97. The Kier molecular flexibility index (Phi) is 4.28. The van der Waals surface area contributed by atoms with Crippen LogP contribution in [0, 0.1) is 0 Å². The van der Waals surface area contributed by atoms with Crippen LogP contribution in [0.4, 0.5) is 0 Å². The summed E-state index contributed by atoms with van der Waals surface area (Å²) in [6, 6.07) is 18.0. The first-order valence-corrected chi connectivity index (χ1v) is 9.94. The molecular weight excluding hydrogens is 432 g/mol. The molecular formula is C23H15BrN2O3. The molecule has 5 rings (SSSR count). The number of benzene rings is 2. The average molecular weight is 447 g/mol. The van der Waals surface area contributed by atoms with Gasteiger partial charge in [-0.15, -0.1) is 0 Å². The zero-order valence-electron chi connectivity index (χ0n) is 15.2. The van der Waals surface area contributed by atoms with Crippen LogP contribution in [-0.2, 0) is 6.54 Å². The minimum absolute atomic E-state index is 0.113. The van der Waals surface area contributed by atoms with Crippen LogP contribution >= 0.6 is 15.9 Å². The number of fused-ring (bicyclic) bond motifs is 2. The first kappa shape index (κ1) is 17.8. The van der Waals surface area contributed by atoms with Gasteiger partial charge in [0.1, 0.15) is 5.58 Å². The zero-order chi connectivity index (χ0) is 20.0. The molecule has 2 aromatic carbocycles. The Bertz CT molecular complexity index is 1290. The van der Waals surface area contributed by atoms with Gasteiger partial charge in [-0.2, -0.15) is 0 Å². The van der Waals surface area contributed by atoms with Crippen molar-refractivity contribution >= 4 is 32.8 Å². The molecule has 0 saturated heterocycles. The quantitative estimate of drug-likeness (QED) is 0.457. The number of hydrogen-bond donors (Lipinski definition) is 0. The summed E-state index contributed by atoms with van der Waals surface area (Å²) in [6.07, 6.45) is 3.41. The molecule has 142 valence electrons. The molecule has 0 unspecified atom stereocenters. The fraction of sp³-hybridized carbons (Fsp3) is 0.0870. The highest BCUT2D eigenvalue weighted by atomic mass is 79.9. The molecule has 0 bridgehead atoms. The van der Waals surface area contributed by atoms with E-state index in [9.17, 15) is 9.59 Å². The van der Waals surface area contributed by atoms with Crippen LogP contribution in [0.2, 0.25) is 0 Å². The molecule has 0 fully saturated rings. The summed E-state index contributed by atoms with van der Waals surface area (Å²) in [6.45, 7) is 0.329. The van der Waals surface area contributed by atoms with E-state index >= 15 is 0 Å². The Labute approximate surface area is 174 Å². The van der Waals surface area contributed by atoms with Crippen molar-refractivity contribution in [3.63, 3.8) is 0 Å². The molecule has 5 nitrogen and oxygen atoms in total. The van der Waals surface area contributed by atoms with E-state index in [4.69, 9.17) is 4.42 Å². The normalized spacial score (nSPS) is 15.7. The Morgan fingerprint density at radius 1 is 1.03 bits per heavy atom. The fourth-order valence-electron chi connectivity index (χ4n) is 3.83. The summed E-state index contributed by atoms with van der Waals surface area (Å²) in [7, 11) is 0. The van der Waals surface area contributed by atoms with Gasteiger partial charge in [0, 0.05) is 23.4 Å². The predicted molar refractivity (Wildman–Crippen MR) is 113 cm³/mol. The number of rotatable bonds is 3. The smallest absolute Gasteiger partial charge is 0.291 e.